The van der Waals surface area contributed by atoms with Crippen molar-refractivity contribution in [1.82, 2.24) is 20.4 Å². The summed E-state index contributed by atoms with van der Waals surface area (Å²) in [4.78, 5) is 28.1. The number of amides is 2. The highest BCUT2D eigenvalue weighted by atomic mass is 16.5. The quantitative estimate of drug-likeness (QED) is 0.547. The number of piperazine rings is 1. The molecular weight excluding hydrogens is 444 g/mol. The Balaban J connectivity index is 1.23. The normalized spacial score (nSPS) is 27.5. The van der Waals surface area contributed by atoms with Gasteiger partial charge in [-0.2, -0.15) is 0 Å². The van der Waals surface area contributed by atoms with Crippen LogP contribution < -0.4 is 15.4 Å². The van der Waals surface area contributed by atoms with Crippen LogP contribution in [-0.4, -0.2) is 57.9 Å². The monoisotopic (exact) mass is 478 g/mol. The van der Waals surface area contributed by atoms with E-state index < -0.39 is 12.3 Å². The molecule has 2 aromatic rings. The number of nitrogens with zero attached hydrogens (tertiary/aromatic N) is 2. The van der Waals surface area contributed by atoms with Gasteiger partial charge in [0, 0.05) is 55.8 Å². The molecule has 2 saturated heterocycles. The Hall–Kier alpha value is -2.78. The number of carbonyl (C=O) groups is 2. The molecule has 0 bridgehead atoms. The number of rotatable bonds is 6. The van der Waals surface area contributed by atoms with Crippen LogP contribution in [0.3, 0.4) is 0 Å². The summed E-state index contributed by atoms with van der Waals surface area (Å²) >= 11 is 0. The minimum Gasteiger partial charge on any atom is -0.489 e. The molecule has 3 unspecified atom stereocenters. The molecule has 3 heterocycles. The van der Waals surface area contributed by atoms with Crippen molar-refractivity contribution in [3.63, 3.8) is 0 Å². The van der Waals surface area contributed by atoms with E-state index in [0.29, 0.717) is 37.4 Å². The third-order valence-corrected chi connectivity index (χ3v) is 7.51. The van der Waals surface area contributed by atoms with Gasteiger partial charge in [-0.1, -0.05) is 36.4 Å². The number of ether oxygens (including phenoxy) is 1. The molecule has 0 saturated carbocycles. The fraction of sp³-hybridized carbons (Fsp3) is 0.481. The van der Waals surface area contributed by atoms with Crippen LogP contribution in [0.4, 0.5) is 0 Å². The van der Waals surface area contributed by atoms with E-state index in [9.17, 15) is 14.7 Å². The van der Waals surface area contributed by atoms with Gasteiger partial charge in [0.2, 0.25) is 11.8 Å². The fourth-order valence-corrected chi connectivity index (χ4v) is 5.45. The van der Waals surface area contributed by atoms with Gasteiger partial charge in [-0.05, 0) is 37.5 Å². The molecule has 2 amide bonds. The first-order valence-electron chi connectivity index (χ1n) is 12.5. The van der Waals surface area contributed by atoms with E-state index in [4.69, 9.17) is 4.74 Å². The van der Waals surface area contributed by atoms with Gasteiger partial charge in [0.25, 0.3) is 0 Å². The van der Waals surface area contributed by atoms with Crippen molar-refractivity contribution in [3.05, 3.63) is 64.7 Å². The molecule has 3 aliphatic rings. The van der Waals surface area contributed by atoms with Gasteiger partial charge in [0.1, 0.15) is 18.6 Å². The van der Waals surface area contributed by atoms with Crippen LogP contribution in [0.15, 0.2) is 42.5 Å². The second-order valence-corrected chi connectivity index (χ2v) is 9.97. The molecule has 0 radical (unpaired) electrons. The van der Waals surface area contributed by atoms with Crippen LogP contribution in [0.1, 0.15) is 55.2 Å². The van der Waals surface area contributed by atoms with Gasteiger partial charge < -0.3 is 15.2 Å². The number of nitrogens with one attached hydrogen (secondary N) is 2. The van der Waals surface area contributed by atoms with Crippen molar-refractivity contribution in [2.75, 3.05) is 13.1 Å². The van der Waals surface area contributed by atoms with E-state index in [0.717, 1.165) is 36.3 Å². The van der Waals surface area contributed by atoms with E-state index in [2.05, 4.69) is 53.6 Å². The number of carbonyl (C=O) groups excluding carboxylic acids is 2. The molecule has 0 aromatic heterocycles. The van der Waals surface area contributed by atoms with Crippen LogP contribution in [-0.2, 0) is 29.3 Å². The van der Waals surface area contributed by atoms with Crippen molar-refractivity contribution in [3.8, 4) is 5.75 Å². The van der Waals surface area contributed by atoms with Crippen LogP contribution >= 0.6 is 0 Å². The molecule has 8 heteroatoms. The number of hydrogen-bond acceptors (Lipinski definition) is 7. The number of aliphatic hydroxyl groups is 1. The number of piperidine rings is 1. The Kier molecular flexibility index (Phi) is 6.88. The Labute approximate surface area is 206 Å². The first kappa shape index (κ1) is 23.9. The van der Waals surface area contributed by atoms with Crippen molar-refractivity contribution >= 4 is 11.8 Å². The van der Waals surface area contributed by atoms with Crippen molar-refractivity contribution in [2.45, 2.75) is 70.7 Å². The Morgan fingerprint density at radius 3 is 2.46 bits per heavy atom. The number of imide groups is 1. The molecule has 2 aromatic carbocycles. The Bertz CT molecular complexity index is 1080. The first-order chi connectivity index (χ1) is 16.9. The van der Waals surface area contributed by atoms with Gasteiger partial charge in [-0.25, -0.2) is 0 Å². The molecular formula is C27H34N4O4. The summed E-state index contributed by atoms with van der Waals surface area (Å²) in [7, 11) is 0. The molecule has 0 aliphatic carbocycles. The lowest BCUT2D eigenvalue weighted by molar-refractivity contribution is -0.141. The predicted molar refractivity (Wildman–Crippen MR) is 131 cm³/mol. The molecule has 4 atom stereocenters. The summed E-state index contributed by atoms with van der Waals surface area (Å²) in [6, 6.07) is 14.7. The summed E-state index contributed by atoms with van der Waals surface area (Å²) < 4.78 is 6.18. The van der Waals surface area contributed by atoms with Crippen molar-refractivity contribution in [2.24, 2.45) is 0 Å². The summed E-state index contributed by atoms with van der Waals surface area (Å²) in [6.45, 7) is 8.33. The van der Waals surface area contributed by atoms with Gasteiger partial charge in [-0.15, -0.1) is 0 Å². The molecule has 5 rings (SSSR count). The second kappa shape index (κ2) is 10.1. The topological polar surface area (TPSA) is 94.1 Å². The lowest BCUT2D eigenvalue weighted by atomic mass is 10.0. The third-order valence-electron chi connectivity index (χ3n) is 7.51. The first-order valence-corrected chi connectivity index (χ1v) is 12.5. The summed E-state index contributed by atoms with van der Waals surface area (Å²) in [5.74, 6) is 0.105. The smallest absolute Gasteiger partial charge is 0.244 e. The number of hydrogen-bond donors (Lipinski definition) is 3. The van der Waals surface area contributed by atoms with Gasteiger partial charge >= 0.3 is 0 Å². The van der Waals surface area contributed by atoms with Crippen LogP contribution in [0, 0.1) is 0 Å². The maximum Gasteiger partial charge on any atom is 0.244 e. The zero-order valence-corrected chi connectivity index (χ0v) is 20.4. The van der Waals surface area contributed by atoms with Crippen LogP contribution in [0.5, 0.6) is 5.75 Å². The lowest BCUT2D eigenvalue weighted by Gasteiger charge is -2.39. The van der Waals surface area contributed by atoms with E-state index in [-0.39, 0.29) is 18.2 Å². The minimum absolute atomic E-state index is 0.260. The average molecular weight is 479 g/mol. The Morgan fingerprint density at radius 1 is 1.03 bits per heavy atom. The van der Waals surface area contributed by atoms with Crippen LogP contribution in [0.2, 0.25) is 0 Å². The minimum atomic E-state index is -0.897. The number of fused-ring (bicyclic) bond motifs is 1. The zero-order valence-electron chi connectivity index (χ0n) is 20.4. The summed E-state index contributed by atoms with van der Waals surface area (Å²) in [5, 5.41) is 16.7. The van der Waals surface area contributed by atoms with Gasteiger partial charge in [0.15, 0.2) is 0 Å². The predicted octanol–water partition coefficient (Wildman–Crippen LogP) is 2.06. The van der Waals surface area contributed by atoms with Gasteiger partial charge in [-0.3, -0.25) is 24.7 Å². The van der Waals surface area contributed by atoms with E-state index in [1.165, 1.54) is 5.56 Å². The molecule has 2 fully saturated rings. The molecule has 8 nitrogen and oxygen atoms in total. The number of benzene rings is 2. The van der Waals surface area contributed by atoms with E-state index >= 15 is 0 Å². The summed E-state index contributed by atoms with van der Waals surface area (Å²) in [5.41, 5.74) is 4.01. The maximum absolute atomic E-state index is 12.4. The second-order valence-electron chi connectivity index (χ2n) is 9.97. The van der Waals surface area contributed by atoms with E-state index in [1.54, 1.807) is 4.90 Å². The molecule has 3 N–H and O–H groups in total. The highest BCUT2D eigenvalue weighted by Gasteiger charge is 2.40. The summed E-state index contributed by atoms with van der Waals surface area (Å²) in [6.07, 6.45) is -0.211. The third kappa shape index (κ3) is 4.97. The standard InChI is InChI=1S/C27H34N4O4/c1-17-12-28-13-18(2)30(17)14-19-6-8-20(9-7-19)16-35-24-5-3-4-21-22(24)15-31(27(21)34)23-10-11-25(32)29-26(23)33/h3-9,17-18,23,27-28,34H,10-16H2,1-2H3,(H,29,32,33)/t17-,18?,23?,27?/m0/s1. The largest absolute Gasteiger partial charge is 0.489 e. The maximum atomic E-state index is 12.4. The molecule has 3 aliphatic heterocycles. The highest BCUT2D eigenvalue weighted by molar-refractivity contribution is 6.00. The Morgan fingerprint density at radius 2 is 1.74 bits per heavy atom. The lowest BCUT2D eigenvalue weighted by Crippen LogP contribution is -2.54. The van der Waals surface area contributed by atoms with E-state index in [1.807, 2.05) is 18.2 Å². The number of aliphatic hydroxyl groups excluding tert-OH is 1. The van der Waals surface area contributed by atoms with Crippen molar-refractivity contribution in [1.29, 1.82) is 0 Å². The SMILES string of the molecule is CC1CNC[C@H](C)N1Cc1ccc(COc2cccc3c2CN(C2CCC(=O)NC2=O)C3O)cc1. The highest BCUT2D eigenvalue weighted by Crippen LogP contribution is 2.39. The molecule has 35 heavy (non-hydrogen) atoms. The fourth-order valence-electron chi connectivity index (χ4n) is 5.45. The molecule has 186 valence electrons. The van der Waals surface area contributed by atoms with Gasteiger partial charge in [0.05, 0.1) is 6.04 Å². The zero-order chi connectivity index (χ0) is 24.5. The molecule has 0 spiro atoms. The average Bonchev–Trinajstić information content (AvgIpc) is 3.18. The van der Waals surface area contributed by atoms with Crippen LogP contribution in [0.25, 0.3) is 0 Å². The van der Waals surface area contributed by atoms with Crippen molar-refractivity contribution < 1.29 is 19.4 Å².